The second-order valence-electron chi connectivity index (χ2n) is 10.1. The topological polar surface area (TPSA) is 121 Å². The Kier molecular flexibility index (Phi) is 7.86. The van der Waals surface area contributed by atoms with E-state index >= 15 is 0 Å². The number of piperidine rings is 1. The summed E-state index contributed by atoms with van der Waals surface area (Å²) in [6.07, 6.45) is 3.66. The van der Waals surface area contributed by atoms with Crippen molar-refractivity contribution in [2.75, 3.05) is 35.8 Å². The molecule has 2 aliphatic heterocycles. The minimum absolute atomic E-state index is 0.0387. The van der Waals surface area contributed by atoms with Crippen molar-refractivity contribution in [1.29, 1.82) is 0 Å². The molecule has 2 amide bonds. The molecule has 1 aromatic heterocycles. The van der Waals surface area contributed by atoms with Crippen molar-refractivity contribution in [2.45, 2.75) is 56.6 Å². The van der Waals surface area contributed by atoms with Gasteiger partial charge in [-0.2, -0.15) is 0 Å². The van der Waals surface area contributed by atoms with Crippen molar-refractivity contribution >= 4 is 44.2 Å². The lowest BCUT2D eigenvalue weighted by Crippen LogP contribution is -2.47. The molecule has 2 aromatic rings. The van der Waals surface area contributed by atoms with E-state index in [1.807, 2.05) is 20.8 Å². The number of ether oxygens (including phenoxy) is 1. The number of nitrogens with one attached hydrogen (secondary N) is 2. The summed E-state index contributed by atoms with van der Waals surface area (Å²) in [4.78, 5) is 33.1. The molecule has 10 nitrogen and oxygen atoms in total. The zero-order valence-corrected chi connectivity index (χ0v) is 22.4. The lowest BCUT2D eigenvalue weighted by molar-refractivity contribution is -0.122. The maximum absolute atomic E-state index is 13.2. The first kappa shape index (κ1) is 26.4. The fourth-order valence-corrected chi connectivity index (χ4v) is 6.31. The lowest BCUT2D eigenvalue weighted by Gasteiger charge is -2.35. The first-order valence-electron chi connectivity index (χ1n) is 12.1. The molecule has 2 N–H and O–H groups in total. The van der Waals surface area contributed by atoms with E-state index in [1.54, 1.807) is 22.4 Å². The van der Waals surface area contributed by atoms with Crippen LogP contribution in [0.2, 0.25) is 0 Å². The van der Waals surface area contributed by atoms with Gasteiger partial charge in [-0.1, -0.05) is 0 Å². The Bertz CT molecular complexity index is 1150. The monoisotopic (exact) mass is 535 g/mol. The van der Waals surface area contributed by atoms with Crippen LogP contribution in [-0.4, -0.2) is 68.1 Å². The summed E-state index contributed by atoms with van der Waals surface area (Å²) in [5.74, 6) is 0.394. The van der Waals surface area contributed by atoms with E-state index < -0.39 is 21.7 Å². The largest absolute Gasteiger partial charge is 0.444 e. The normalized spacial score (nSPS) is 19.9. The number of nitrogens with zero attached hydrogens (tertiary/aromatic N) is 3. The summed E-state index contributed by atoms with van der Waals surface area (Å²) in [7, 11) is -3.74. The molecule has 2 saturated heterocycles. The van der Waals surface area contributed by atoms with Gasteiger partial charge in [0.05, 0.1) is 10.9 Å². The molecule has 2 fully saturated rings. The van der Waals surface area contributed by atoms with Crippen molar-refractivity contribution in [3.63, 3.8) is 0 Å². The van der Waals surface area contributed by atoms with E-state index in [4.69, 9.17) is 4.74 Å². The lowest BCUT2D eigenvalue weighted by atomic mass is 9.95. The molecular weight excluding hydrogens is 502 g/mol. The number of alkyl carbamates (subject to hydrolysis) is 1. The molecule has 196 valence electrons. The average Bonchev–Trinajstić information content (AvgIpc) is 3.46. The maximum Gasteiger partial charge on any atom is 0.407 e. The second-order valence-corrected chi connectivity index (χ2v) is 12.7. The zero-order valence-electron chi connectivity index (χ0n) is 20.8. The standard InChI is InChI=1S/C24H33N5O5S2/c1-24(2,3)34-23(31)26-16-17-8-12-28(13-9-17)20-10-14-29(21(20)30)18-4-6-19(7-5-18)36(32,33)27-22-25-11-15-35-22/h4-7,11,15,17,20H,8-10,12-14,16H2,1-3H3,(H,25,27)(H,26,31). The van der Waals surface area contributed by atoms with Gasteiger partial charge in [-0.3, -0.25) is 14.4 Å². The molecule has 1 unspecified atom stereocenters. The molecule has 1 atom stereocenters. The molecule has 3 heterocycles. The van der Waals surface area contributed by atoms with Crippen LogP contribution in [0.25, 0.3) is 0 Å². The number of carbonyl (C=O) groups excluding carboxylic acids is 2. The highest BCUT2D eigenvalue weighted by atomic mass is 32.2. The Hall–Kier alpha value is -2.70. The number of sulfonamides is 1. The number of rotatable bonds is 7. The number of likely N-dealkylation sites (tertiary alicyclic amines) is 1. The molecule has 0 aliphatic carbocycles. The fourth-order valence-electron chi connectivity index (χ4n) is 4.52. The molecule has 0 spiro atoms. The number of benzene rings is 1. The Morgan fingerprint density at radius 2 is 1.83 bits per heavy atom. The first-order valence-corrected chi connectivity index (χ1v) is 14.4. The van der Waals surface area contributed by atoms with Gasteiger partial charge in [0.15, 0.2) is 5.13 Å². The van der Waals surface area contributed by atoms with Gasteiger partial charge in [-0.15, -0.1) is 11.3 Å². The summed E-state index contributed by atoms with van der Waals surface area (Å²) < 4.78 is 32.9. The average molecular weight is 536 g/mol. The SMILES string of the molecule is CC(C)(C)OC(=O)NCC1CCN(C2CCN(c3ccc(S(=O)(=O)Nc4nccs4)cc3)C2=O)CC1. The van der Waals surface area contributed by atoms with E-state index in [1.165, 1.54) is 29.7 Å². The van der Waals surface area contributed by atoms with E-state index in [9.17, 15) is 18.0 Å². The Morgan fingerprint density at radius 3 is 2.44 bits per heavy atom. The van der Waals surface area contributed by atoms with E-state index in [0.29, 0.717) is 29.8 Å². The Balaban J connectivity index is 1.28. The van der Waals surface area contributed by atoms with Crippen LogP contribution in [0.1, 0.15) is 40.0 Å². The van der Waals surface area contributed by atoms with E-state index in [-0.39, 0.29) is 16.8 Å². The summed E-state index contributed by atoms with van der Waals surface area (Å²) in [6, 6.07) is 6.18. The van der Waals surface area contributed by atoms with Crippen LogP contribution < -0.4 is 14.9 Å². The number of amides is 2. The Labute approximate surface area is 216 Å². The fraction of sp³-hybridized carbons (Fsp3) is 0.542. The first-order chi connectivity index (χ1) is 17.0. The van der Waals surface area contributed by atoms with E-state index in [2.05, 4.69) is 19.9 Å². The quantitative estimate of drug-likeness (QED) is 0.558. The third-order valence-corrected chi connectivity index (χ3v) is 8.49. The van der Waals surface area contributed by atoms with Crippen molar-refractivity contribution in [2.24, 2.45) is 5.92 Å². The van der Waals surface area contributed by atoms with Crippen LogP contribution in [0, 0.1) is 5.92 Å². The van der Waals surface area contributed by atoms with Gasteiger partial charge in [0.2, 0.25) is 5.91 Å². The number of hydrogen-bond donors (Lipinski definition) is 2. The van der Waals surface area contributed by atoms with E-state index in [0.717, 1.165) is 32.4 Å². The van der Waals surface area contributed by atoms with Gasteiger partial charge in [-0.25, -0.2) is 18.2 Å². The van der Waals surface area contributed by atoms with Crippen LogP contribution in [-0.2, 0) is 19.6 Å². The third kappa shape index (κ3) is 6.54. The number of hydrogen-bond acceptors (Lipinski definition) is 8. The van der Waals surface area contributed by atoms with Crippen molar-refractivity contribution < 1.29 is 22.7 Å². The van der Waals surface area contributed by atoms with Crippen LogP contribution >= 0.6 is 11.3 Å². The summed E-state index contributed by atoms with van der Waals surface area (Å²) in [6.45, 7) is 8.27. The number of aromatic nitrogens is 1. The minimum atomic E-state index is -3.74. The number of anilines is 2. The number of carbonyl (C=O) groups is 2. The highest BCUT2D eigenvalue weighted by Gasteiger charge is 2.38. The van der Waals surface area contributed by atoms with Crippen LogP contribution in [0.3, 0.4) is 0 Å². The molecule has 0 saturated carbocycles. The van der Waals surface area contributed by atoms with Gasteiger partial charge >= 0.3 is 6.09 Å². The molecule has 12 heteroatoms. The molecule has 1 aromatic carbocycles. The minimum Gasteiger partial charge on any atom is -0.444 e. The van der Waals surface area contributed by atoms with Crippen molar-refractivity contribution in [3.8, 4) is 0 Å². The highest BCUT2D eigenvalue weighted by molar-refractivity contribution is 7.93. The molecular formula is C24H33N5O5S2. The van der Waals surface area contributed by atoms with Crippen molar-refractivity contribution in [1.82, 2.24) is 15.2 Å². The predicted octanol–water partition coefficient (Wildman–Crippen LogP) is 3.29. The van der Waals surface area contributed by atoms with Crippen molar-refractivity contribution in [3.05, 3.63) is 35.8 Å². The second kappa shape index (κ2) is 10.7. The molecule has 2 aliphatic rings. The molecule has 4 rings (SSSR count). The molecule has 0 radical (unpaired) electrons. The van der Waals surface area contributed by atoms with Crippen LogP contribution in [0.5, 0.6) is 0 Å². The smallest absolute Gasteiger partial charge is 0.407 e. The third-order valence-electron chi connectivity index (χ3n) is 6.31. The molecule has 36 heavy (non-hydrogen) atoms. The maximum atomic E-state index is 13.2. The van der Waals surface area contributed by atoms with Gasteiger partial charge in [0, 0.05) is 30.4 Å². The van der Waals surface area contributed by atoms with Crippen LogP contribution in [0.4, 0.5) is 15.6 Å². The van der Waals surface area contributed by atoms with Crippen LogP contribution in [0.15, 0.2) is 40.7 Å². The summed E-state index contributed by atoms with van der Waals surface area (Å²) in [5, 5.41) is 4.85. The van der Waals surface area contributed by atoms with Gasteiger partial charge in [0.25, 0.3) is 10.0 Å². The Morgan fingerprint density at radius 1 is 1.14 bits per heavy atom. The zero-order chi connectivity index (χ0) is 25.9. The van der Waals surface area contributed by atoms with Gasteiger partial charge in [-0.05, 0) is 83.3 Å². The highest BCUT2D eigenvalue weighted by Crippen LogP contribution is 2.29. The summed E-state index contributed by atoms with van der Waals surface area (Å²) >= 11 is 1.20. The van der Waals surface area contributed by atoms with Gasteiger partial charge < -0.3 is 15.0 Å². The predicted molar refractivity (Wildman–Crippen MR) is 139 cm³/mol. The summed E-state index contributed by atoms with van der Waals surface area (Å²) in [5.41, 5.74) is 0.169. The molecule has 0 bridgehead atoms. The number of thiazole rings is 1. The van der Waals surface area contributed by atoms with Gasteiger partial charge in [0.1, 0.15) is 5.60 Å².